The summed E-state index contributed by atoms with van der Waals surface area (Å²) in [7, 11) is 6.55. The highest BCUT2D eigenvalue weighted by atomic mass is 16.5. The van der Waals surface area contributed by atoms with Gasteiger partial charge in [0.2, 0.25) is 11.5 Å². The third-order valence-electron chi connectivity index (χ3n) is 5.96. The van der Waals surface area contributed by atoms with Gasteiger partial charge in [0.25, 0.3) is 0 Å². The molecule has 6 heteroatoms. The Morgan fingerprint density at radius 2 is 0.750 bits per heavy atom. The summed E-state index contributed by atoms with van der Waals surface area (Å²) in [6.07, 6.45) is 8.18. The highest BCUT2D eigenvalue weighted by molar-refractivity contribution is 5.75. The molecule has 0 aromatic heterocycles. The van der Waals surface area contributed by atoms with Crippen LogP contribution in [0.4, 0.5) is 0 Å². The van der Waals surface area contributed by atoms with Gasteiger partial charge < -0.3 is 28.4 Å². The summed E-state index contributed by atoms with van der Waals surface area (Å²) in [5.41, 5.74) is 4.06. The molecule has 0 spiro atoms. The Hall–Kier alpha value is -4.06. The zero-order valence-corrected chi connectivity index (χ0v) is 24.9. The van der Waals surface area contributed by atoms with Crippen LogP contribution in [-0.4, -0.2) is 41.7 Å². The maximum absolute atomic E-state index is 5.95. The van der Waals surface area contributed by atoms with Gasteiger partial charge in [-0.1, -0.05) is 76.3 Å². The van der Waals surface area contributed by atoms with Crippen LogP contribution >= 0.6 is 0 Å². The molecular weight excluding hydrogens is 504 g/mol. The summed E-state index contributed by atoms with van der Waals surface area (Å²) < 4.78 is 34.2. The molecule has 3 aromatic rings. The van der Waals surface area contributed by atoms with Crippen molar-refractivity contribution < 1.29 is 28.4 Å². The fourth-order valence-electron chi connectivity index (χ4n) is 3.88. The molecule has 3 aromatic carbocycles. The topological polar surface area (TPSA) is 55.4 Å². The van der Waals surface area contributed by atoms with Crippen LogP contribution in [0.25, 0.3) is 24.3 Å². The van der Waals surface area contributed by atoms with Gasteiger partial charge in [-0.25, -0.2) is 0 Å². The van der Waals surface area contributed by atoms with Crippen LogP contribution in [0.1, 0.15) is 49.9 Å². The summed E-state index contributed by atoms with van der Waals surface area (Å²) in [6, 6.07) is 16.1. The van der Waals surface area contributed by atoms with Crippen molar-refractivity contribution in [2.45, 2.75) is 27.7 Å². The van der Waals surface area contributed by atoms with E-state index in [1.807, 2.05) is 36.4 Å². The quantitative estimate of drug-likeness (QED) is 0.190. The van der Waals surface area contributed by atoms with E-state index >= 15 is 0 Å². The Kier molecular flexibility index (Phi) is 11.4. The first-order valence-corrected chi connectivity index (χ1v) is 13.5. The van der Waals surface area contributed by atoms with E-state index in [1.165, 1.54) is 0 Å². The van der Waals surface area contributed by atoms with Gasteiger partial charge in [-0.2, -0.15) is 0 Å². The Balaban J connectivity index is 1.75. The lowest BCUT2D eigenvalue weighted by Gasteiger charge is -2.16. The van der Waals surface area contributed by atoms with Crippen LogP contribution in [0, 0.1) is 11.8 Å². The molecule has 40 heavy (non-hydrogen) atoms. The summed E-state index contributed by atoms with van der Waals surface area (Å²) in [5, 5.41) is 0. The molecule has 0 heterocycles. The van der Waals surface area contributed by atoms with Gasteiger partial charge >= 0.3 is 0 Å². The van der Waals surface area contributed by atoms with E-state index in [2.05, 4.69) is 64.1 Å². The lowest BCUT2D eigenvalue weighted by molar-refractivity contribution is 0.243. The molecule has 3 rings (SSSR count). The Morgan fingerprint density at radius 1 is 0.475 bits per heavy atom. The van der Waals surface area contributed by atoms with E-state index in [9.17, 15) is 0 Å². The Labute approximate surface area is 239 Å². The molecule has 0 aliphatic rings. The smallest absolute Gasteiger partial charge is 0.203 e. The highest BCUT2D eigenvalue weighted by Gasteiger charge is 2.15. The van der Waals surface area contributed by atoms with Crippen molar-refractivity contribution in [1.29, 1.82) is 0 Å². The third kappa shape index (κ3) is 8.47. The average molecular weight is 547 g/mol. The zero-order valence-electron chi connectivity index (χ0n) is 24.9. The largest absolute Gasteiger partial charge is 0.493 e. The van der Waals surface area contributed by atoms with Crippen molar-refractivity contribution in [3.8, 4) is 34.5 Å². The van der Waals surface area contributed by atoms with Crippen LogP contribution in [-0.2, 0) is 0 Å². The fraction of sp³-hybridized carbons (Fsp3) is 0.353. The minimum absolute atomic E-state index is 0.396. The zero-order chi connectivity index (χ0) is 29.1. The molecule has 0 unspecified atom stereocenters. The molecule has 0 aliphatic carbocycles. The number of hydrogen-bond donors (Lipinski definition) is 0. The number of hydrogen-bond acceptors (Lipinski definition) is 6. The van der Waals surface area contributed by atoms with E-state index in [1.54, 1.807) is 28.4 Å². The first-order chi connectivity index (χ1) is 19.3. The Morgan fingerprint density at radius 3 is 1.00 bits per heavy atom. The van der Waals surface area contributed by atoms with E-state index in [4.69, 9.17) is 28.4 Å². The van der Waals surface area contributed by atoms with Crippen LogP contribution < -0.4 is 28.4 Å². The second-order valence-corrected chi connectivity index (χ2v) is 10.3. The minimum atomic E-state index is 0.396. The molecule has 0 N–H and O–H groups in total. The van der Waals surface area contributed by atoms with Crippen molar-refractivity contribution in [2.24, 2.45) is 11.8 Å². The van der Waals surface area contributed by atoms with Crippen LogP contribution in [0.2, 0.25) is 0 Å². The van der Waals surface area contributed by atoms with Gasteiger partial charge in [-0.05, 0) is 58.4 Å². The SMILES string of the molecule is COc1cc(/C=C/c2ccc(/C=C/c3cc(OC)c(OCC(C)C)c(OC)c3)cc2)cc(OC)c1OCC(C)C. The highest BCUT2D eigenvalue weighted by Crippen LogP contribution is 2.40. The molecule has 0 saturated heterocycles. The monoisotopic (exact) mass is 546 g/mol. The molecule has 0 atom stereocenters. The number of ether oxygens (including phenoxy) is 6. The maximum atomic E-state index is 5.95. The van der Waals surface area contributed by atoms with Gasteiger partial charge in [0.15, 0.2) is 23.0 Å². The lowest BCUT2D eigenvalue weighted by Crippen LogP contribution is -2.07. The normalized spacial score (nSPS) is 11.4. The second-order valence-electron chi connectivity index (χ2n) is 10.3. The molecule has 0 fully saturated rings. The van der Waals surface area contributed by atoms with Crippen molar-refractivity contribution in [2.75, 3.05) is 41.7 Å². The van der Waals surface area contributed by atoms with Gasteiger partial charge in [-0.15, -0.1) is 0 Å². The summed E-state index contributed by atoms with van der Waals surface area (Å²) in [5.74, 6) is 4.63. The van der Waals surface area contributed by atoms with E-state index in [0.717, 1.165) is 22.3 Å². The Bertz CT molecular complexity index is 1140. The molecule has 0 amide bonds. The van der Waals surface area contributed by atoms with Crippen LogP contribution in [0.15, 0.2) is 48.5 Å². The summed E-state index contributed by atoms with van der Waals surface area (Å²) in [6.45, 7) is 9.59. The molecule has 0 bridgehead atoms. The average Bonchev–Trinajstić information content (AvgIpc) is 2.96. The van der Waals surface area contributed by atoms with Crippen molar-refractivity contribution in [1.82, 2.24) is 0 Å². The maximum Gasteiger partial charge on any atom is 0.203 e. The first kappa shape index (κ1) is 30.5. The van der Waals surface area contributed by atoms with Crippen molar-refractivity contribution >= 4 is 24.3 Å². The van der Waals surface area contributed by atoms with Crippen LogP contribution in [0.5, 0.6) is 34.5 Å². The molecule has 0 radical (unpaired) electrons. The van der Waals surface area contributed by atoms with Crippen molar-refractivity contribution in [3.63, 3.8) is 0 Å². The molecule has 214 valence electrons. The third-order valence-corrected chi connectivity index (χ3v) is 5.96. The van der Waals surface area contributed by atoms with Gasteiger partial charge in [0, 0.05) is 0 Å². The predicted molar refractivity (Wildman–Crippen MR) is 164 cm³/mol. The van der Waals surface area contributed by atoms with Gasteiger partial charge in [0.1, 0.15) is 0 Å². The number of rotatable bonds is 14. The number of methoxy groups -OCH3 is 4. The minimum Gasteiger partial charge on any atom is -0.493 e. The van der Waals surface area contributed by atoms with Crippen molar-refractivity contribution in [3.05, 3.63) is 70.8 Å². The predicted octanol–water partition coefficient (Wildman–Crippen LogP) is 8.13. The van der Waals surface area contributed by atoms with E-state index in [0.29, 0.717) is 59.5 Å². The van der Waals surface area contributed by atoms with E-state index < -0.39 is 0 Å². The molecule has 6 nitrogen and oxygen atoms in total. The van der Waals surface area contributed by atoms with Crippen LogP contribution in [0.3, 0.4) is 0 Å². The second kappa shape index (κ2) is 14.9. The lowest BCUT2D eigenvalue weighted by atomic mass is 10.1. The summed E-state index contributed by atoms with van der Waals surface area (Å²) in [4.78, 5) is 0. The molecule has 0 aliphatic heterocycles. The van der Waals surface area contributed by atoms with E-state index in [-0.39, 0.29) is 0 Å². The van der Waals surface area contributed by atoms with Gasteiger partial charge in [0.05, 0.1) is 41.7 Å². The standard InChI is InChI=1S/C34H42O6/c1-23(2)21-39-33-29(35-5)17-27(18-30(33)36-6)15-13-25-9-11-26(12-10-25)14-16-28-19-31(37-7)34(32(20-28)38-8)40-22-24(3)4/h9-20,23-24H,21-22H2,1-8H3/b15-13+,16-14+. The molecule has 0 saturated carbocycles. The first-order valence-electron chi connectivity index (χ1n) is 13.5. The fourth-order valence-corrected chi connectivity index (χ4v) is 3.88. The number of benzene rings is 3. The molecular formula is C34H42O6. The van der Waals surface area contributed by atoms with Gasteiger partial charge in [-0.3, -0.25) is 0 Å². The summed E-state index contributed by atoms with van der Waals surface area (Å²) >= 11 is 0.